The lowest BCUT2D eigenvalue weighted by Crippen LogP contribution is -2.62. The number of aliphatic carboxylic acids is 1. The number of amides is 3. The van der Waals surface area contributed by atoms with Crippen molar-refractivity contribution < 1.29 is 19.5 Å². The molecule has 7 nitrogen and oxygen atoms in total. The highest BCUT2D eigenvalue weighted by atomic mass is 16.4. The minimum Gasteiger partial charge on any atom is -0.480 e. The van der Waals surface area contributed by atoms with E-state index in [1.54, 1.807) is 6.92 Å². The maximum atomic E-state index is 12.2. The first-order chi connectivity index (χ1) is 8.19. The Morgan fingerprint density at radius 2 is 2.06 bits per heavy atom. The quantitative estimate of drug-likeness (QED) is 0.712. The second kappa shape index (κ2) is 4.83. The molecule has 3 amide bonds. The van der Waals surface area contributed by atoms with Crippen molar-refractivity contribution in [3.05, 3.63) is 0 Å². The van der Waals surface area contributed by atoms with E-state index >= 15 is 0 Å². The van der Waals surface area contributed by atoms with E-state index in [0.717, 1.165) is 4.90 Å². The summed E-state index contributed by atoms with van der Waals surface area (Å²) in [6.45, 7) is 5.28. The van der Waals surface area contributed by atoms with Crippen molar-refractivity contribution in [2.24, 2.45) is 0 Å². The number of nitrogens with zero attached hydrogens (tertiary/aromatic N) is 2. The fraction of sp³-hybridized carbons (Fsp3) is 0.727. The number of carboxylic acid groups (broad SMARTS) is 1. The van der Waals surface area contributed by atoms with E-state index in [-0.39, 0.29) is 5.91 Å². The van der Waals surface area contributed by atoms with Crippen LogP contribution in [0.4, 0.5) is 4.79 Å². The highest BCUT2D eigenvalue weighted by Gasteiger charge is 2.40. The summed E-state index contributed by atoms with van der Waals surface area (Å²) in [5.74, 6) is -1.32. The van der Waals surface area contributed by atoms with Gasteiger partial charge in [-0.25, -0.2) is 9.59 Å². The lowest BCUT2D eigenvalue weighted by atomic mass is 10.0. The molecular formula is C11H19N3O4. The number of carbonyl (C=O) groups excluding carboxylic acids is 2. The number of urea groups is 1. The summed E-state index contributed by atoms with van der Waals surface area (Å²) in [5, 5.41) is 11.7. The largest absolute Gasteiger partial charge is 0.480 e. The molecule has 1 rings (SSSR count). The lowest BCUT2D eigenvalue weighted by Gasteiger charge is -2.39. The van der Waals surface area contributed by atoms with E-state index in [4.69, 9.17) is 5.11 Å². The Bertz CT molecular complexity index is 374. The minimum absolute atomic E-state index is 0.226. The average molecular weight is 257 g/mol. The maximum absolute atomic E-state index is 12.2. The Labute approximate surface area is 106 Å². The molecule has 0 aliphatic carbocycles. The van der Waals surface area contributed by atoms with Gasteiger partial charge in [0.15, 0.2) is 0 Å². The molecule has 0 aromatic carbocycles. The lowest BCUT2D eigenvalue weighted by molar-refractivity contribution is -0.147. The van der Waals surface area contributed by atoms with E-state index in [0.29, 0.717) is 13.1 Å². The number of piperazine rings is 1. The first-order valence-corrected chi connectivity index (χ1v) is 5.75. The average Bonchev–Trinajstić information content (AvgIpc) is 2.30. The second-order valence-electron chi connectivity index (χ2n) is 4.87. The van der Waals surface area contributed by atoms with Crippen LogP contribution < -0.4 is 5.32 Å². The van der Waals surface area contributed by atoms with E-state index in [9.17, 15) is 14.4 Å². The van der Waals surface area contributed by atoms with Crippen LogP contribution in [0.5, 0.6) is 0 Å². The summed E-state index contributed by atoms with van der Waals surface area (Å²) < 4.78 is 0. The third-order valence-electron chi connectivity index (χ3n) is 3.39. The summed E-state index contributed by atoms with van der Waals surface area (Å²) >= 11 is 0. The minimum atomic E-state index is -1.31. The van der Waals surface area contributed by atoms with Gasteiger partial charge in [0.25, 0.3) is 0 Å². The van der Waals surface area contributed by atoms with Gasteiger partial charge in [0, 0.05) is 20.1 Å². The predicted octanol–water partition coefficient (Wildman–Crippen LogP) is -0.278. The van der Waals surface area contributed by atoms with Gasteiger partial charge in [0.1, 0.15) is 11.6 Å². The van der Waals surface area contributed by atoms with Gasteiger partial charge >= 0.3 is 12.0 Å². The normalized spacial score (nSPS) is 20.3. The molecule has 1 saturated heterocycles. The van der Waals surface area contributed by atoms with Crippen molar-refractivity contribution in [2.45, 2.75) is 32.4 Å². The van der Waals surface area contributed by atoms with Crippen LogP contribution in [0.3, 0.4) is 0 Å². The molecule has 18 heavy (non-hydrogen) atoms. The van der Waals surface area contributed by atoms with E-state index in [1.165, 1.54) is 25.8 Å². The number of rotatable bonds is 2. The van der Waals surface area contributed by atoms with Gasteiger partial charge in [-0.2, -0.15) is 0 Å². The van der Waals surface area contributed by atoms with E-state index in [1.807, 2.05) is 0 Å². The Kier molecular flexibility index (Phi) is 3.83. The zero-order valence-corrected chi connectivity index (χ0v) is 11.1. The third kappa shape index (κ3) is 2.39. The Hall–Kier alpha value is -1.79. The fourth-order valence-electron chi connectivity index (χ4n) is 1.62. The number of hydrogen-bond acceptors (Lipinski definition) is 3. The molecular weight excluding hydrogens is 238 g/mol. The Balaban J connectivity index is 2.87. The molecule has 0 aromatic rings. The molecule has 1 aliphatic heterocycles. The fourth-order valence-corrected chi connectivity index (χ4v) is 1.62. The molecule has 0 spiro atoms. The van der Waals surface area contributed by atoms with Crippen molar-refractivity contribution in [1.82, 2.24) is 15.1 Å². The second-order valence-corrected chi connectivity index (χ2v) is 4.87. The molecule has 0 bridgehead atoms. The molecule has 1 atom stereocenters. The zero-order chi connectivity index (χ0) is 14.1. The van der Waals surface area contributed by atoms with Gasteiger partial charge in [-0.05, 0) is 20.8 Å². The molecule has 1 unspecified atom stereocenters. The SMILES string of the molecule is CC1C(=O)NCCN1C(=O)N(C)C(C)(C)C(=O)O. The third-order valence-corrected chi connectivity index (χ3v) is 3.39. The molecule has 1 aliphatic rings. The number of likely N-dealkylation sites (N-methyl/N-ethyl adjacent to an activating group) is 1. The van der Waals surface area contributed by atoms with Gasteiger partial charge < -0.3 is 20.2 Å². The van der Waals surface area contributed by atoms with Gasteiger partial charge in [-0.3, -0.25) is 4.79 Å². The summed E-state index contributed by atoms with van der Waals surface area (Å²) in [4.78, 5) is 37.3. The number of carbonyl (C=O) groups is 3. The first kappa shape index (κ1) is 14.3. The van der Waals surface area contributed by atoms with Gasteiger partial charge in [-0.1, -0.05) is 0 Å². The monoisotopic (exact) mass is 257 g/mol. The van der Waals surface area contributed by atoms with E-state index in [2.05, 4.69) is 5.32 Å². The highest BCUT2D eigenvalue weighted by molar-refractivity contribution is 5.90. The van der Waals surface area contributed by atoms with Crippen LogP contribution in [0, 0.1) is 0 Å². The molecule has 1 fully saturated rings. The van der Waals surface area contributed by atoms with Crippen LogP contribution in [-0.4, -0.2) is 64.5 Å². The van der Waals surface area contributed by atoms with Crippen molar-refractivity contribution in [2.75, 3.05) is 20.1 Å². The Morgan fingerprint density at radius 3 is 2.56 bits per heavy atom. The summed E-state index contributed by atoms with van der Waals surface area (Å²) in [6, 6.07) is -1.04. The van der Waals surface area contributed by atoms with Crippen molar-refractivity contribution in [1.29, 1.82) is 0 Å². The van der Waals surface area contributed by atoms with Crippen molar-refractivity contribution >= 4 is 17.9 Å². The molecule has 2 N–H and O–H groups in total. The predicted molar refractivity (Wildman–Crippen MR) is 64.1 cm³/mol. The van der Waals surface area contributed by atoms with Crippen LogP contribution >= 0.6 is 0 Å². The molecule has 0 aromatic heterocycles. The van der Waals surface area contributed by atoms with E-state index < -0.39 is 23.6 Å². The van der Waals surface area contributed by atoms with Crippen LogP contribution in [0.1, 0.15) is 20.8 Å². The summed E-state index contributed by atoms with van der Waals surface area (Å²) in [5.41, 5.74) is -1.31. The summed E-state index contributed by atoms with van der Waals surface area (Å²) in [6.07, 6.45) is 0. The number of hydrogen-bond donors (Lipinski definition) is 2. The smallest absolute Gasteiger partial charge is 0.329 e. The molecule has 102 valence electrons. The molecule has 1 heterocycles. The molecule has 0 saturated carbocycles. The first-order valence-electron chi connectivity index (χ1n) is 5.75. The summed E-state index contributed by atoms with van der Waals surface area (Å²) in [7, 11) is 1.43. The van der Waals surface area contributed by atoms with Gasteiger partial charge in [0.05, 0.1) is 0 Å². The van der Waals surface area contributed by atoms with Crippen LogP contribution in [0.2, 0.25) is 0 Å². The molecule has 0 radical (unpaired) electrons. The maximum Gasteiger partial charge on any atom is 0.329 e. The highest BCUT2D eigenvalue weighted by Crippen LogP contribution is 2.17. The standard InChI is InChI=1S/C11H19N3O4/c1-7-8(15)12-5-6-14(7)10(18)13(4)11(2,3)9(16)17/h7H,5-6H2,1-4H3,(H,12,15)(H,16,17). The Morgan fingerprint density at radius 1 is 1.50 bits per heavy atom. The zero-order valence-electron chi connectivity index (χ0n) is 11.1. The van der Waals surface area contributed by atoms with Crippen LogP contribution in [0.25, 0.3) is 0 Å². The van der Waals surface area contributed by atoms with Crippen molar-refractivity contribution in [3.63, 3.8) is 0 Å². The van der Waals surface area contributed by atoms with Crippen molar-refractivity contribution in [3.8, 4) is 0 Å². The molecule has 7 heteroatoms. The topological polar surface area (TPSA) is 90.0 Å². The van der Waals surface area contributed by atoms with Gasteiger partial charge in [-0.15, -0.1) is 0 Å². The van der Waals surface area contributed by atoms with Crippen LogP contribution in [0.15, 0.2) is 0 Å². The number of carboxylic acids is 1. The number of nitrogens with one attached hydrogen (secondary N) is 1. The van der Waals surface area contributed by atoms with Crippen LogP contribution in [-0.2, 0) is 9.59 Å². The van der Waals surface area contributed by atoms with Gasteiger partial charge in [0.2, 0.25) is 5.91 Å².